The Morgan fingerprint density at radius 3 is 3.12 bits per heavy atom. The van der Waals surface area contributed by atoms with E-state index in [-0.39, 0.29) is 17.4 Å². The van der Waals surface area contributed by atoms with Crippen molar-refractivity contribution in [2.45, 2.75) is 38.7 Å². The fourth-order valence-electron chi connectivity index (χ4n) is 2.44. The van der Waals surface area contributed by atoms with Crippen LogP contribution in [-0.4, -0.2) is 28.6 Å². The number of aromatic amines is 1. The second-order valence-corrected chi connectivity index (χ2v) is 5.18. The molecule has 1 fully saturated rings. The Hall–Kier alpha value is -1.29. The number of carbonyl (C=O) groups is 1. The molecule has 4 nitrogen and oxygen atoms in total. The van der Waals surface area contributed by atoms with E-state index >= 15 is 0 Å². The fourth-order valence-corrected chi connectivity index (χ4v) is 2.44. The third-order valence-corrected chi connectivity index (χ3v) is 3.78. The van der Waals surface area contributed by atoms with Crippen molar-refractivity contribution in [1.82, 2.24) is 10.3 Å². The monoisotopic (exact) mass is 236 g/mol. The van der Waals surface area contributed by atoms with Gasteiger partial charge in [0.2, 0.25) is 0 Å². The molecule has 94 valence electrons. The Morgan fingerprint density at radius 2 is 2.47 bits per heavy atom. The Labute approximate surface area is 101 Å². The topological polar surface area (TPSA) is 65.1 Å². The van der Waals surface area contributed by atoms with Gasteiger partial charge in [-0.1, -0.05) is 19.8 Å². The maximum Gasteiger partial charge on any atom is 0.267 e. The molecule has 4 heteroatoms. The minimum absolute atomic E-state index is 0.103. The lowest BCUT2D eigenvalue weighted by atomic mass is 9.73. The van der Waals surface area contributed by atoms with Gasteiger partial charge in [0.25, 0.3) is 5.91 Å². The third-order valence-electron chi connectivity index (χ3n) is 3.78. The predicted octanol–water partition coefficient (Wildman–Crippen LogP) is 1.69. The fraction of sp³-hybridized carbons (Fsp3) is 0.615. The zero-order valence-corrected chi connectivity index (χ0v) is 10.2. The number of hydrogen-bond acceptors (Lipinski definition) is 2. The largest absolute Gasteiger partial charge is 0.392 e. The zero-order valence-electron chi connectivity index (χ0n) is 10.2. The molecule has 1 heterocycles. The summed E-state index contributed by atoms with van der Waals surface area (Å²) in [5.74, 6) is -0.103. The van der Waals surface area contributed by atoms with Gasteiger partial charge in [0, 0.05) is 18.2 Å². The summed E-state index contributed by atoms with van der Waals surface area (Å²) in [7, 11) is 0. The number of aliphatic hydroxyl groups is 1. The molecule has 0 unspecified atom stereocenters. The first kappa shape index (κ1) is 12.2. The van der Waals surface area contributed by atoms with Crippen LogP contribution in [0.1, 0.15) is 43.1 Å². The molecule has 1 aliphatic carbocycles. The first-order valence-corrected chi connectivity index (χ1v) is 6.21. The van der Waals surface area contributed by atoms with Gasteiger partial charge in [0.05, 0.1) is 6.10 Å². The lowest BCUT2D eigenvalue weighted by molar-refractivity contribution is 0.00187. The number of hydrogen-bond donors (Lipinski definition) is 3. The first-order valence-electron chi connectivity index (χ1n) is 6.21. The molecule has 1 aromatic heterocycles. The van der Waals surface area contributed by atoms with Crippen molar-refractivity contribution in [2.24, 2.45) is 5.41 Å². The number of carbonyl (C=O) groups excluding carboxylic acids is 1. The van der Waals surface area contributed by atoms with Gasteiger partial charge in [-0.3, -0.25) is 4.79 Å². The van der Waals surface area contributed by atoms with Crippen LogP contribution in [-0.2, 0) is 0 Å². The van der Waals surface area contributed by atoms with Crippen LogP contribution < -0.4 is 5.32 Å². The van der Waals surface area contributed by atoms with Crippen LogP contribution in [0, 0.1) is 5.41 Å². The number of amides is 1. The number of aromatic nitrogens is 1. The van der Waals surface area contributed by atoms with Crippen LogP contribution in [0.25, 0.3) is 0 Å². The van der Waals surface area contributed by atoms with Crippen molar-refractivity contribution in [3.05, 3.63) is 24.0 Å². The van der Waals surface area contributed by atoms with Gasteiger partial charge >= 0.3 is 0 Å². The Balaban J connectivity index is 1.91. The first-order chi connectivity index (χ1) is 8.12. The van der Waals surface area contributed by atoms with Crippen molar-refractivity contribution in [3.8, 4) is 0 Å². The summed E-state index contributed by atoms with van der Waals surface area (Å²) >= 11 is 0. The highest BCUT2D eigenvalue weighted by Crippen LogP contribution is 2.35. The predicted molar refractivity (Wildman–Crippen MR) is 65.7 cm³/mol. The van der Waals surface area contributed by atoms with Gasteiger partial charge < -0.3 is 15.4 Å². The van der Waals surface area contributed by atoms with Crippen LogP contribution in [0.2, 0.25) is 0 Å². The van der Waals surface area contributed by atoms with Gasteiger partial charge in [0.1, 0.15) is 5.69 Å². The summed E-state index contributed by atoms with van der Waals surface area (Å²) in [6, 6.07) is 3.54. The van der Waals surface area contributed by atoms with Crippen LogP contribution in [0.15, 0.2) is 18.3 Å². The van der Waals surface area contributed by atoms with Gasteiger partial charge in [-0.05, 0) is 25.0 Å². The van der Waals surface area contributed by atoms with E-state index in [0.717, 1.165) is 25.7 Å². The molecule has 0 spiro atoms. The standard InChI is InChI=1S/C13H20N2O2/c1-13(7-3-2-6-11(13)16)9-15-12(17)10-5-4-8-14-10/h4-5,8,11,14,16H,2-3,6-7,9H2,1H3,(H,15,17)/t11-,13-/m1/s1. The molecule has 1 aromatic rings. The third kappa shape index (κ3) is 2.69. The second kappa shape index (κ2) is 4.92. The summed E-state index contributed by atoms with van der Waals surface area (Å²) in [5.41, 5.74) is 0.388. The zero-order chi connectivity index (χ0) is 12.3. The molecule has 0 saturated heterocycles. The minimum Gasteiger partial charge on any atom is -0.392 e. The highest BCUT2D eigenvalue weighted by atomic mass is 16.3. The molecule has 1 amide bonds. The molecule has 0 bridgehead atoms. The molecule has 2 rings (SSSR count). The Morgan fingerprint density at radius 1 is 1.65 bits per heavy atom. The molecule has 0 aromatic carbocycles. The number of rotatable bonds is 3. The number of nitrogens with one attached hydrogen (secondary N) is 2. The maximum atomic E-state index is 11.8. The van der Waals surface area contributed by atoms with Gasteiger partial charge in [-0.2, -0.15) is 0 Å². The summed E-state index contributed by atoms with van der Waals surface area (Å²) in [6.07, 6.45) is 5.45. The van der Waals surface area contributed by atoms with Crippen molar-refractivity contribution in [2.75, 3.05) is 6.54 Å². The highest BCUT2D eigenvalue weighted by Gasteiger charge is 2.35. The average Bonchev–Trinajstić information content (AvgIpc) is 2.84. The SMILES string of the molecule is C[C@]1(CNC(=O)c2ccc[nH]2)CCCC[C@H]1O. The van der Waals surface area contributed by atoms with Crippen molar-refractivity contribution >= 4 is 5.91 Å². The van der Waals surface area contributed by atoms with E-state index in [2.05, 4.69) is 10.3 Å². The summed E-state index contributed by atoms with van der Waals surface area (Å²) < 4.78 is 0. The number of H-pyrrole nitrogens is 1. The molecule has 1 saturated carbocycles. The van der Waals surface area contributed by atoms with E-state index in [1.807, 2.05) is 6.92 Å². The van der Waals surface area contributed by atoms with Gasteiger partial charge in [-0.25, -0.2) is 0 Å². The molecular formula is C13H20N2O2. The van der Waals surface area contributed by atoms with Crippen LogP contribution in [0.4, 0.5) is 0 Å². The van der Waals surface area contributed by atoms with Crippen LogP contribution in [0.5, 0.6) is 0 Å². The highest BCUT2D eigenvalue weighted by molar-refractivity contribution is 5.92. The normalized spacial score (nSPS) is 28.9. The van der Waals surface area contributed by atoms with E-state index in [4.69, 9.17) is 0 Å². The van der Waals surface area contributed by atoms with Crippen molar-refractivity contribution in [3.63, 3.8) is 0 Å². The summed E-state index contributed by atoms with van der Waals surface area (Å²) in [6.45, 7) is 2.58. The maximum absolute atomic E-state index is 11.8. The van der Waals surface area contributed by atoms with E-state index < -0.39 is 0 Å². The van der Waals surface area contributed by atoms with E-state index in [9.17, 15) is 9.90 Å². The van der Waals surface area contributed by atoms with Gasteiger partial charge in [0.15, 0.2) is 0 Å². The Bertz CT molecular complexity index is 375. The minimum atomic E-state index is -0.305. The molecule has 0 radical (unpaired) electrons. The number of aliphatic hydroxyl groups excluding tert-OH is 1. The summed E-state index contributed by atoms with van der Waals surface area (Å²) in [4.78, 5) is 14.6. The lowest BCUT2D eigenvalue weighted by Crippen LogP contribution is -2.45. The smallest absolute Gasteiger partial charge is 0.267 e. The Kier molecular flexibility index (Phi) is 3.52. The van der Waals surface area contributed by atoms with Crippen molar-refractivity contribution in [1.29, 1.82) is 0 Å². The van der Waals surface area contributed by atoms with Crippen LogP contribution in [0.3, 0.4) is 0 Å². The average molecular weight is 236 g/mol. The molecular weight excluding hydrogens is 216 g/mol. The van der Waals surface area contributed by atoms with E-state index in [0.29, 0.717) is 12.2 Å². The molecule has 1 aliphatic rings. The second-order valence-electron chi connectivity index (χ2n) is 5.18. The van der Waals surface area contributed by atoms with Crippen LogP contribution >= 0.6 is 0 Å². The molecule has 3 N–H and O–H groups in total. The molecule has 17 heavy (non-hydrogen) atoms. The summed E-state index contributed by atoms with van der Waals surface area (Å²) in [5, 5.41) is 12.9. The van der Waals surface area contributed by atoms with Gasteiger partial charge in [-0.15, -0.1) is 0 Å². The van der Waals surface area contributed by atoms with Crippen molar-refractivity contribution < 1.29 is 9.90 Å². The van der Waals surface area contributed by atoms with E-state index in [1.165, 1.54) is 0 Å². The molecule has 2 atom stereocenters. The quantitative estimate of drug-likeness (QED) is 0.747. The van der Waals surface area contributed by atoms with E-state index in [1.54, 1.807) is 18.3 Å². The lowest BCUT2D eigenvalue weighted by Gasteiger charge is -2.38. The molecule has 0 aliphatic heterocycles.